The molecule has 208 valence electrons. The Morgan fingerprint density at radius 2 is 1.85 bits per heavy atom. The largest absolute Gasteiger partial charge is 0.491 e. The lowest BCUT2D eigenvalue weighted by Gasteiger charge is -2.17. The summed E-state index contributed by atoms with van der Waals surface area (Å²) in [5.41, 5.74) is 9.12. The third kappa shape index (κ3) is 6.76. The molecule has 0 radical (unpaired) electrons. The van der Waals surface area contributed by atoms with Crippen LogP contribution in [-0.4, -0.2) is 35.1 Å². The molecule has 1 saturated heterocycles. The van der Waals surface area contributed by atoms with E-state index in [-0.39, 0.29) is 28.9 Å². The molecule has 4 aromatic rings. The third-order valence-electron chi connectivity index (χ3n) is 6.07. The predicted molar refractivity (Wildman–Crippen MR) is 155 cm³/mol. The number of nitrogen functional groups attached to an aromatic ring is 1. The van der Waals surface area contributed by atoms with Crippen LogP contribution in [0.3, 0.4) is 0 Å². The summed E-state index contributed by atoms with van der Waals surface area (Å²) < 4.78 is 30.4. The van der Waals surface area contributed by atoms with E-state index < -0.39 is 5.79 Å². The first-order valence-electron chi connectivity index (χ1n) is 12.5. The lowest BCUT2D eigenvalue weighted by Crippen LogP contribution is -2.25. The standard InChI is InChI=1S/C29H25FN6O3S2/c1-29(2)38-14-22(39-29)13-37-21-9-3-17(4-10-21)25-23(11-31)26(33)36-27(24(25)12-32)40-15-20-16-41-28(35-20)34-19-7-5-18(30)6-8-19/h3-10,16,22H,13-15H2,1-2H3,(H2,33,36)(H,34,35)/t22-/m0/s1. The zero-order chi connectivity index (χ0) is 29.0. The Bertz CT molecular complexity index is 1630. The van der Waals surface area contributed by atoms with Gasteiger partial charge in [0, 0.05) is 22.4 Å². The van der Waals surface area contributed by atoms with Gasteiger partial charge in [-0.15, -0.1) is 11.3 Å². The Balaban J connectivity index is 1.32. The number of hydrogen-bond donors (Lipinski definition) is 2. The monoisotopic (exact) mass is 588 g/mol. The zero-order valence-electron chi connectivity index (χ0n) is 22.2. The van der Waals surface area contributed by atoms with E-state index in [1.165, 1.54) is 35.2 Å². The van der Waals surface area contributed by atoms with Crippen LogP contribution in [0.25, 0.3) is 11.1 Å². The van der Waals surface area contributed by atoms with Crippen molar-refractivity contribution in [3.63, 3.8) is 0 Å². The normalized spacial score (nSPS) is 15.7. The Morgan fingerprint density at radius 3 is 2.51 bits per heavy atom. The highest BCUT2D eigenvalue weighted by Gasteiger charge is 2.33. The van der Waals surface area contributed by atoms with E-state index >= 15 is 0 Å². The number of rotatable bonds is 9. The van der Waals surface area contributed by atoms with Crippen molar-refractivity contribution in [2.24, 2.45) is 0 Å². The van der Waals surface area contributed by atoms with Gasteiger partial charge in [0.15, 0.2) is 10.9 Å². The van der Waals surface area contributed by atoms with Gasteiger partial charge < -0.3 is 25.3 Å². The summed E-state index contributed by atoms with van der Waals surface area (Å²) in [6.45, 7) is 4.49. The molecule has 2 aromatic carbocycles. The first-order valence-corrected chi connectivity index (χ1v) is 14.4. The molecule has 0 unspecified atom stereocenters. The molecule has 9 nitrogen and oxygen atoms in total. The lowest BCUT2D eigenvalue weighted by molar-refractivity contribution is -0.141. The van der Waals surface area contributed by atoms with E-state index in [1.54, 1.807) is 36.4 Å². The minimum Gasteiger partial charge on any atom is -0.491 e. The molecule has 0 saturated carbocycles. The van der Waals surface area contributed by atoms with Crippen molar-refractivity contribution in [1.29, 1.82) is 10.5 Å². The predicted octanol–water partition coefficient (Wildman–Crippen LogP) is 6.24. The summed E-state index contributed by atoms with van der Waals surface area (Å²) >= 11 is 2.71. The van der Waals surface area contributed by atoms with Gasteiger partial charge in [-0.2, -0.15) is 10.5 Å². The number of aromatic nitrogens is 2. The van der Waals surface area contributed by atoms with Crippen molar-refractivity contribution in [2.75, 3.05) is 24.3 Å². The summed E-state index contributed by atoms with van der Waals surface area (Å²) in [6.07, 6.45) is -0.174. The van der Waals surface area contributed by atoms with E-state index in [2.05, 4.69) is 27.4 Å². The molecule has 2 aromatic heterocycles. The molecule has 41 heavy (non-hydrogen) atoms. The average molecular weight is 589 g/mol. The summed E-state index contributed by atoms with van der Waals surface area (Å²) in [7, 11) is 0. The number of nitrogens with one attached hydrogen (secondary N) is 1. The molecular weight excluding hydrogens is 563 g/mol. The van der Waals surface area contributed by atoms with Gasteiger partial charge in [-0.1, -0.05) is 23.9 Å². The summed E-state index contributed by atoms with van der Waals surface area (Å²) in [5.74, 6) is 0.141. The van der Waals surface area contributed by atoms with Crippen LogP contribution >= 0.6 is 23.1 Å². The van der Waals surface area contributed by atoms with Crippen LogP contribution in [0.2, 0.25) is 0 Å². The molecule has 3 heterocycles. The van der Waals surface area contributed by atoms with Crippen LogP contribution in [0.4, 0.5) is 21.0 Å². The van der Waals surface area contributed by atoms with Crippen molar-refractivity contribution in [3.8, 4) is 29.0 Å². The van der Waals surface area contributed by atoms with E-state index in [9.17, 15) is 14.9 Å². The van der Waals surface area contributed by atoms with Crippen molar-refractivity contribution in [1.82, 2.24) is 9.97 Å². The van der Waals surface area contributed by atoms with E-state index in [1.807, 2.05) is 19.2 Å². The van der Waals surface area contributed by atoms with Gasteiger partial charge >= 0.3 is 0 Å². The second-order valence-electron chi connectivity index (χ2n) is 9.50. The number of hydrogen-bond acceptors (Lipinski definition) is 11. The fourth-order valence-corrected chi connectivity index (χ4v) is 5.90. The van der Waals surface area contributed by atoms with Crippen molar-refractivity contribution >= 4 is 39.7 Å². The van der Waals surface area contributed by atoms with E-state index in [4.69, 9.17) is 19.9 Å². The molecular formula is C29H25FN6O3S2. The number of nitriles is 2. The number of nitrogens with zero attached hydrogens (tertiary/aromatic N) is 4. The zero-order valence-corrected chi connectivity index (χ0v) is 23.8. The number of pyridine rings is 1. The van der Waals surface area contributed by atoms with Gasteiger partial charge in [-0.25, -0.2) is 14.4 Å². The molecule has 1 aliphatic rings. The van der Waals surface area contributed by atoms with Crippen molar-refractivity contribution in [2.45, 2.75) is 36.5 Å². The minimum atomic E-state index is -0.626. The van der Waals surface area contributed by atoms with Crippen LogP contribution in [0.15, 0.2) is 58.9 Å². The summed E-state index contributed by atoms with van der Waals surface area (Å²) in [5, 5.41) is 26.0. The number of benzene rings is 2. The highest BCUT2D eigenvalue weighted by atomic mass is 32.2. The molecule has 0 aliphatic carbocycles. The highest BCUT2D eigenvalue weighted by Crippen LogP contribution is 2.37. The molecule has 0 bridgehead atoms. The third-order valence-corrected chi connectivity index (χ3v) is 7.88. The van der Waals surface area contributed by atoms with Crippen LogP contribution in [0.1, 0.15) is 30.7 Å². The number of thioether (sulfide) groups is 1. The Hall–Kier alpha value is -4.20. The average Bonchev–Trinajstić information content (AvgIpc) is 3.56. The highest BCUT2D eigenvalue weighted by molar-refractivity contribution is 7.98. The number of nitrogens with two attached hydrogens (primary N) is 1. The number of ether oxygens (including phenoxy) is 3. The lowest BCUT2D eigenvalue weighted by atomic mass is 9.97. The number of thiazole rings is 1. The van der Waals surface area contributed by atoms with Gasteiger partial charge in [-0.05, 0) is 55.8 Å². The molecule has 12 heteroatoms. The van der Waals surface area contributed by atoms with Crippen molar-refractivity contribution in [3.05, 3.63) is 76.5 Å². The molecule has 0 spiro atoms. The first-order chi connectivity index (χ1) is 19.7. The molecule has 0 amide bonds. The molecule has 1 aliphatic heterocycles. The maximum atomic E-state index is 13.2. The topological polar surface area (TPSA) is 139 Å². The van der Waals surface area contributed by atoms with Gasteiger partial charge in [-0.3, -0.25) is 0 Å². The summed E-state index contributed by atoms with van der Waals surface area (Å²) in [6, 6.07) is 17.4. The smallest absolute Gasteiger partial charge is 0.187 e. The Labute approximate surface area is 244 Å². The van der Waals surface area contributed by atoms with Crippen molar-refractivity contribution < 1.29 is 18.6 Å². The molecule has 5 rings (SSSR count). The maximum Gasteiger partial charge on any atom is 0.187 e. The fraction of sp³-hybridized carbons (Fsp3) is 0.241. The molecule has 1 fully saturated rings. The van der Waals surface area contributed by atoms with Crippen LogP contribution in [-0.2, 0) is 15.2 Å². The van der Waals surface area contributed by atoms with Crippen LogP contribution < -0.4 is 15.8 Å². The molecule has 1 atom stereocenters. The van der Waals surface area contributed by atoms with Gasteiger partial charge in [0.05, 0.1) is 17.9 Å². The quantitative estimate of drug-likeness (QED) is 0.216. The Morgan fingerprint density at radius 1 is 1.12 bits per heavy atom. The van der Waals surface area contributed by atoms with Gasteiger partial charge in [0.25, 0.3) is 0 Å². The number of anilines is 3. The van der Waals surface area contributed by atoms with E-state index in [0.29, 0.717) is 46.0 Å². The van der Waals surface area contributed by atoms with E-state index in [0.717, 1.165) is 11.4 Å². The maximum absolute atomic E-state index is 13.2. The molecule has 3 N–H and O–H groups in total. The Kier molecular flexibility index (Phi) is 8.38. The summed E-state index contributed by atoms with van der Waals surface area (Å²) in [4.78, 5) is 8.94. The fourth-order valence-electron chi connectivity index (χ4n) is 4.17. The second-order valence-corrected chi connectivity index (χ2v) is 11.3. The van der Waals surface area contributed by atoms with Crippen LogP contribution in [0.5, 0.6) is 5.75 Å². The van der Waals surface area contributed by atoms with Gasteiger partial charge in [0.2, 0.25) is 0 Å². The first kappa shape index (κ1) is 28.3. The van der Waals surface area contributed by atoms with Crippen LogP contribution in [0, 0.1) is 28.5 Å². The SMILES string of the molecule is CC1(C)OC[C@H](COc2ccc(-c3c(C#N)c(N)nc(SCc4csc(Nc5ccc(F)cc5)n4)c3C#N)cc2)O1. The number of halogens is 1. The second kappa shape index (κ2) is 12.1. The minimum absolute atomic E-state index is 0.0438. The van der Waals surface area contributed by atoms with Gasteiger partial charge in [0.1, 0.15) is 52.8 Å².